The fourth-order valence-corrected chi connectivity index (χ4v) is 5.44. The lowest BCUT2D eigenvalue weighted by Crippen LogP contribution is -2.47. The molecular weight excluding hydrogens is 551 g/mol. The lowest BCUT2D eigenvalue weighted by atomic mass is 9.86. The molecule has 2 aromatic carbocycles. The highest BCUT2D eigenvalue weighted by molar-refractivity contribution is 6.39. The van der Waals surface area contributed by atoms with Crippen LogP contribution in [0.15, 0.2) is 49.1 Å². The molecule has 2 aromatic heterocycles. The highest BCUT2D eigenvalue weighted by atomic mass is 35.5. The van der Waals surface area contributed by atoms with Crippen LogP contribution in [0.2, 0.25) is 10.0 Å². The maximum atomic E-state index is 14.8. The van der Waals surface area contributed by atoms with E-state index in [2.05, 4.69) is 35.3 Å². The molecule has 39 heavy (non-hydrogen) atoms. The summed E-state index contributed by atoms with van der Waals surface area (Å²) in [4.78, 5) is 9.62. The van der Waals surface area contributed by atoms with Crippen molar-refractivity contribution < 1.29 is 13.9 Å². The van der Waals surface area contributed by atoms with E-state index in [9.17, 15) is 13.9 Å². The molecule has 4 aromatic rings. The lowest BCUT2D eigenvalue weighted by molar-refractivity contribution is -0.0418. The van der Waals surface area contributed by atoms with Crippen LogP contribution in [-0.4, -0.2) is 77.7 Å². The lowest BCUT2D eigenvalue weighted by Gasteiger charge is -2.36. The van der Waals surface area contributed by atoms with Crippen LogP contribution >= 0.6 is 23.2 Å². The molecule has 14 heteroatoms. The van der Waals surface area contributed by atoms with Crippen LogP contribution in [0.1, 0.15) is 24.4 Å². The van der Waals surface area contributed by atoms with Gasteiger partial charge < -0.3 is 10.0 Å². The molecule has 3 heterocycles. The van der Waals surface area contributed by atoms with Crippen LogP contribution in [-0.2, 0) is 18.6 Å². The zero-order valence-corrected chi connectivity index (χ0v) is 22.6. The summed E-state index contributed by atoms with van der Waals surface area (Å²) in [5.74, 6) is -1.15. The van der Waals surface area contributed by atoms with Crippen molar-refractivity contribution >= 4 is 28.9 Å². The molecule has 0 aliphatic carbocycles. The molecule has 0 bridgehead atoms. The molecule has 0 saturated carbocycles. The van der Waals surface area contributed by atoms with Crippen molar-refractivity contribution in [1.29, 1.82) is 0 Å². The summed E-state index contributed by atoms with van der Waals surface area (Å²) >= 11 is 12.7. The Morgan fingerprint density at radius 1 is 1.08 bits per heavy atom. The third kappa shape index (κ3) is 5.88. The molecular formula is C25H27Cl2F2N9O. The van der Waals surface area contributed by atoms with E-state index in [1.54, 1.807) is 6.92 Å². The first-order chi connectivity index (χ1) is 18.7. The number of piperazine rings is 1. The number of rotatable bonds is 9. The monoisotopic (exact) mass is 577 g/mol. The van der Waals surface area contributed by atoms with Crippen LogP contribution in [0.5, 0.6) is 0 Å². The molecule has 5 rings (SSSR count). The predicted octanol–water partition coefficient (Wildman–Crippen LogP) is 3.36. The van der Waals surface area contributed by atoms with Crippen molar-refractivity contribution in [2.45, 2.75) is 31.5 Å². The largest absolute Gasteiger partial charge is 0.381 e. The third-order valence-corrected chi connectivity index (χ3v) is 7.66. The quantitative estimate of drug-likeness (QED) is 0.323. The number of tetrazole rings is 1. The molecule has 1 saturated heterocycles. The predicted molar refractivity (Wildman–Crippen MR) is 142 cm³/mol. The number of hydrogen-bond donors (Lipinski definition) is 1. The van der Waals surface area contributed by atoms with E-state index < -0.39 is 23.3 Å². The standard InChI is InChI=1S/C25H27Cl2F2N9O/c1-17(25(39,14-37-16-30-15-31-37)19-6-5-18(28)13-22(19)29)38-33-23(32-34-38)7-8-35-9-11-36(12-10-35)24-20(26)3-2-4-21(24)27/h2-6,13,15-17,39H,7-12,14H2,1H3/t17-,25+/m0/s1. The minimum absolute atomic E-state index is 0.109. The van der Waals surface area contributed by atoms with Gasteiger partial charge in [-0.3, -0.25) is 4.90 Å². The number of halogens is 4. The third-order valence-electron chi connectivity index (χ3n) is 7.05. The van der Waals surface area contributed by atoms with Gasteiger partial charge in [0.2, 0.25) is 0 Å². The molecule has 0 radical (unpaired) electrons. The van der Waals surface area contributed by atoms with Gasteiger partial charge >= 0.3 is 0 Å². The maximum Gasteiger partial charge on any atom is 0.176 e. The van der Waals surface area contributed by atoms with E-state index in [-0.39, 0.29) is 12.1 Å². The molecule has 0 unspecified atom stereocenters. The van der Waals surface area contributed by atoms with Crippen LogP contribution in [0.25, 0.3) is 0 Å². The Balaban J connectivity index is 1.25. The average molecular weight is 578 g/mol. The second kappa shape index (κ2) is 11.5. The van der Waals surface area contributed by atoms with Crippen LogP contribution in [0.3, 0.4) is 0 Å². The second-order valence-electron chi connectivity index (χ2n) is 9.49. The Bertz CT molecular complexity index is 1390. The number of anilines is 1. The smallest absolute Gasteiger partial charge is 0.176 e. The summed E-state index contributed by atoms with van der Waals surface area (Å²) < 4.78 is 29.8. The summed E-state index contributed by atoms with van der Waals surface area (Å²) in [6.45, 7) is 5.37. The van der Waals surface area contributed by atoms with Gasteiger partial charge in [0.1, 0.15) is 35.9 Å². The number of para-hydroxylation sites is 1. The molecule has 1 fully saturated rings. The molecule has 10 nitrogen and oxygen atoms in total. The van der Waals surface area contributed by atoms with E-state index in [4.69, 9.17) is 23.2 Å². The number of nitrogens with zero attached hydrogens (tertiary/aromatic N) is 9. The SMILES string of the molecule is C[C@H](n1nnc(CCN2CCN(c3c(Cl)cccc3Cl)CC2)n1)[C@](O)(Cn1cncn1)c1ccc(F)cc1F. The fourth-order valence-electron chi connectivity index (χ4n) is 4.80. The van der Waals surface area contributed by atoms with Gasteiger partial charge in [0.05, 0.1) is 22.3 Å². The van der Waals surface area contributed by atoms with Gasteiger partial charge in [0.25, 0.3) is 0 Å². The zero-order chi connectivity index (χ0) is 27.6. The minimum atomic E-state index is -1.88. The average Bonchev–Trinajstić information content (AvgIpc) is 3.60. The Kier molecular flexibility index (Phi) is 8.08. The zero-order valence-electron chi connectivity index (χ0n) is 21.1. The molecule has 0 amide bonds. The maximum absolute atomic E-state index is 14.8. The molecule has 0 spiro atoms. The summed E-state index contributed by atoms with van der Waals surface area (Å²) in [6.07, 6.45) is 3.24. The topological polar surface area (TPSA) is 101 Å². The van der Waals surface area contributed by atoms with Gasteiger partial charge in [-0.25, -0.2) is 18.4 Å². The van der Waals surface area contributed by atoms with Crippen molar-refractivity contribution in [3.8, 4) is 0 Å². The Morgan fingerprint density at radius 2 is 1.82 bits per heavy atom. The van der Waals surface area contributed by atoms with E-state index >= 15 is 0 Å². The number of aromatic nitrogens is 7. The van der Waals surface area contributed by atoms with Crippen LogP contribution in [0, 0.1) is 11.6 Å². The number of hydrogen-bond acceptors (Lipinski definition) is 8. The normalized spacial score (nSPS) is 16.8. The van der Waals surface area contributed by atoms with Crippen LogP contribution < -0.4 is 4.90 Å². The first kappa shape index (κ1) is 27.4. The van der Waals surface area contributed by atoms with E-state index in [1.165, 1.54) is 28.2 Å². The van der Waals surface area contributed by atoms with E-state index in [1.807, 2.05) is 18.2 Å². The van der Waals surface area contributed by atoms with E-state index in [0.29, 0.717) is 28.8 Å². The summed E-state index contributed by atoms with van der Waals surface area (Å²) in [5.41, 5.74) is -1.13. The van der Waals surface area contributed by atoms with Gasteiger partial charge in [-0.1, -0.05) is 35.3 Å². The van der Waals surface area contributed by atoms with Crippen molar-refractivity contribution in [1.82, 2.24) is 39.9 Å². The highest BCUT2D eigenvalue weighted by Crippen LogP contribution is 2.36. The van der Waals surface area contributed by atoms with Crippen molar-refractivity contribution in [2.75, 3.05) is 37.6 Å². The molecule has 206 valence electrons. The van der Waals surface area contributed by atoms with Gasteiger partial charge in [-0.2, -0.15) is 9.90 Å². The Labute approximate surface area is 233 Å². The Morgan fingerprint density at radius 3 is 2.49 bits per heavy atom. The highest BCUT2D eigenvalue weighted by Gasteiger charge is 2.41. The van der Waals surface area contributed by atoms with Gasteiger partial charge in [-0.05, 0) is 30.3 Å². The first-order valence-electron chi connectivity index (χ1n) is 12.4. The van der Waals surface area contributed by atoms with E-state index in [0.717, 1.165) is 44.0 Å². The molecule has 2 atom stereocenters. The second-order valence-corrected chi connectivity index (χ2v) is 10.3. The minimum Gasteiger partial charge on any atom is -0.381 e. The van der Waals surface area contributed by atoms with Gasteiger partial charge in [0, 0.05) is 50.8 Å². The fraction of sp³-hybridized carbons (Fsp3) is 0.400. The summed E-state index contributed by atoms with van der Waals surface area (Å²) in [7, 11) is 0. The molecule has 1 aliphatic rings. The van der Waals surface area contributed by atoms with Crippen molar-refractivity contribution in [3.63, 3.8) is 0 Å². The van der Waals surface area contributed by atoms with Crippen molar-refractivity contribution in [3.05, 3.63) is 82.1 Å². The number of benzene rings is 2. The number of aliphatic hydroxyl groups is 1. The summed E-state index contributed by atoms with van der Waals surface area (Å²) in [5, 5.41) is 29.8. The van der Waals surface area contributed by atoms with Gasteiger partial charge in [-0.15, -0.1) is 10.2 Å². The van der Waals surface area contributed by atoms with Crippen LogP contribution in [0.4, 0.5) is 14.5 Å². The molecule has 1 aliphatic heterocycles. The van der Waals surface area contributed by atoms with Crippen molar-refractivity contribution in [2.24, 2.45) is 0 Å². The Hall–Kier alpha value is -3.19. The van der Waals surface area contributed by atoms with Gasteiger partial charge in [0.15, 0.2) is 5.82 Å². The molecule has 1 N–H and O–H groups in total. The summed E-state index contributed by atoms with van der Waals surface area (Å²) in [6, 6.07) is 7.67. The first-order valence-corrected chi connectivity index (χ1v) is 13.2.